The summed E-state index contributed by atoms with van der Waals surface area (Å²) >= 11 is 0. The van der Waals surface area contributed by atoms with E-state index in [0.29, 0.717) is 24.3 Å². The molecule has 5 nitrogen and oxygen atoms in total. The average Bonchev–Trinajstić information content (AvgIpc) is 2.41. The summed E-state index contributed by atoms with van der Waals surface area (Å²) in [5.74, 6) is -0.305. The third-order valence-corrected chi connectivity index (χ3v) is 3.08. The summed E-state index contributed by atoms with van der Waals surface area (Å²) < 4.78 is 40.2. The Hall–Kier alpha value is -1.96. The summed E-state index contributed by atoms with van der Waals surface area (Å²) in [6, 6.07) is 3.55. The third-order valence-electron chi connectivity index (χ3n) is 3.08. The molecule has 1 aromatic carbocycles. The zero-order valence-electron chi connectivity index (χ0n) is 11.5. The van der Waals surface area contributed by atoms with Crippen LogP contribution in [0.1, 0.15) is 5.56 Å². The summed E-state index contributed by atoms with van der Waals surface area (Å²) in [7, 11) is 0. The second kappa shape index (κ2) is 6.21. The molecule has 1 aliphatic rings. The van der Waals surface area contributed by atoms with Crippen LogP contribution in [0.25, 0.3) is 0 Å². The molecule has 0 radical (unpaired) electrons. The highest BCUT2D eigenvalue weighted by Gasteiger charge is 2.31. The van der Waals surface area contributed by atoms with Gasteiger partial charge in [-0.2, -0.15) is 0 Å². The number of nitrogens with one attached hydrogen (secondary N) is 2. The van der Waals surface area contributed by atoms with Crippen molar-refractivity contribution < 1.29 is 22.7 Å². The van der Waals surface area contributed by atoms with E-state index in [0.717, 1.165) is 13.1 Å². The van der Waals surface area contributed by atoms with E-state index in [1.54, 1.807) is 11.8 Å². The van der Waals surface area contributed by atoms with E-state index in [-0.39, 0.29) is 11.8 Å². The van der Waals surface area contributed by atoms with Crippen molar-refractivity contribution in [2.45, 2.75) is 13.3 Å². The van der Waals surface area contributed by atoms with Gasteiger partial charge in [0.2, 0.25) is 0 Å². The molecule has 0 spiro atoms. The molecule has 1 fully saturated rings. The standard InChI is InChI=1S/C13H16F3N3O2/c1-9-8-10(21-13(14,15)16)2-3-11(9)18-12(20)19-6-4-17-5-7-19/h2-3,8,17H,4-7H2,1H3,(H,18,20). The monoisotopic (exact) mass is 303 g/mol. The summed E-state index contributed by atoms with van der Waals surface area (Å²) in [6.07, 6.45) is -4.72. The van der Waals surface area contributed by atoms with Gasteiger partial charge in [-0.15, -0.1) is 13.2 Å². The first-order valence-electron chi connectivity index (χ1n) is 6.48. The van der Waals surface area contributed by atoms with Crippen molar-refractivity contribution in [2.75, 3.05) is 31.5 Å². The average molecular weight is 303 g/mol. The predicted molar refractivity (Wildman–Crippen MR) is 71.3 cm³/mol. The maximum absolute atomic E-state index is 12.1. The van der Waals surface area contributed by atoms with Crippen LogP contribution in [0.15, 0.2) is 18.2 Å². The molecule has 1 aliphatic heterocycles. The van der Waals surface area contributed by atoms with Crippen LogP contribution >= 0.6 is 0 Å². The van der Waals surface area contributed by atoms with Gasteiger partial charge in [-0.25, -0.2) is 4.79 Å². The first kappa shape index (κ1) is 15.4. The van der Waals surface area contributed by atoms with E-state index >= 15 is 0 Å². The predicted octanol–water partition coefficient (Wildman–Crippen LogP) is 2.33. The zero-order valence-corrected chi connectivity index (χ0v) is 11.5. The number of benzene rings is 1. The molecule has 21 heavy (non-hydrogen) atoms. The van der Waals surface area contributed by atoms with Crippen molar-refractivity contribution in [1.29, 1.82) is 0 Å². The number of amides is 2. The molecule has 2 rings (SSSR count). The van der Waals surface area contributed by atoms with E-state index in [1.807, 2.05) is 0 Å². The number of ether oxygens (including phenoxy) is 1. The van der Waals surface area contributed by atoms with Crippen LogP contribution in [0.5, 0.6) is 5.75 Å². The van der Waals surface area contributed by atoms with Crippen molar-refractivity contribution in [3.8, 4) is 5.75 Å². The van der Waals surface area contributed by atoms with Gasteiger partial charge in [0.1, 0.15) is 5.75 Å². The third kappa shape index (κ3) is 4.52. The molecule has 0 unspecified atom stereocenters. The molecule has 1 heterocycles. The van der Waals surface area contributed by atoms with Gasteiger partial charge in [-0.1, -0.05) is 0 Å². The van der Waals surface area contributed by atoms with Crippen molar-refractivity contribution in [3.63, 3.8) is 0 Å². The van der Waals surface area contributed by atoms with E-state index in [1.165, 1.54) is 18.2 Å². The smallest absolute Gasteiger partial charge is 0.406 e. The number of hydrogen-bond acceptors (Lipinski definition) is 3. The molecule has 8 heteroatoms. The Morgan fingerprint density at radius 1 is 1.33 bits per heavy atom. The van der Waals surface area contributed by atoms with E-state index in [9.17, 15) is 18.0 Å². The number of urea groups is 1. The SMILES string of the molecule is Cc1cc(OC(F)(F)F)ccc1NC(=O)N1CCNCC1. The lowest BCUT2D eigenvalue weighted by Gasteiger charge is -2.27. The minimum atomic E-state index is -4.72. The summed E-state index contributed by atoms with van der Waals surface area (Å²) in [4.78, 5) is 13.7. The highest BCUT2D eigenvalue weighted by molar-refractivity contribution is 5.90. The van der Waals surface area contributed by atoms with Gasteiger partial charge in [0.15, 0.2) is 0 Å². The molecular weight excluding hydrogens is 287 g/mol. The number of nitrogens with zero attached hydrogens (tertiary/aromatic N) is 1. The zero-order chi connectivity index (χ0) is 15.5. The highest BCUT2D eigenvalue weighted by Crippen LogP contribution is 2.26. The number of alkyl halides is 3. The van der Waals surface area contributed by atoms with Crippen LogP contribution in [0.3, 0.4) is 0 Å². The van der Waals surface area contributed by atoms with Crippen molar-refractivity contribution in [3.05, 3.63) is 23.8 Å². The minimum absolute atomic E-state index is 0.260. The van der Waals surface area contributed by atoms with Crippen LogP contribution in [0, 0.1) is 6.92 Å². The Kier molecular flexibility index (Phi) is 4.56. The van der Waals surface area contributed by atoms with Crippen LogP contribution in [-0.2, 0) is 0 Å². The number of rotatable bonds is 2. The summed E-state index contributed by atoms with van der Waals surface area (Å²) in [5, 5.41) is 5.82. The molecule has 0 atom stereocenters. The molecule has 0 aromatic heterocycles. The Balaban J connectivity index is 2.02. The first-order valence-corrected chi connectivity index (χ1v) is 6.48. The second-order valence-electron chi connectivity index (χ2n) is 4.69. The number of halogens is 3. The minimum Gasteiger partial charge on any atom is -0.406 e. The van der Waals surface area contributed by atoms with Crippen LogP contribution in [-0.4, -0.2) is 43.5 Å². The topological polar surface area (TPSA) is 53.6 Å². The number of piperazine rings is 1. The molecule has 1 saturated heterocycles. The summed E-state index contributed by atoms with van der Waals surface area (Å²) in [6.45, 7) is 4.26. The molecule has 2 N–H and O–H groups in total. The number of hydrogen-bond donors (Lipinski definition) is 2. The Labute approximate surface area is 120 Å². The Morgan fingerprint density at radius 3 is 2.57 bits per heavy atom. The van der Waals surface area contributed by atoms with Gasteiger partial charge >= 0.3 is 12.4 Å². The molecular formula is C13H16F3N3O2. The quantitative estimate of drug-likeness (QED) is 0.881. The normalized spacial score (nSPS) is 15.7. The highest BCUT2D eigenvalue weighted by atomic mass is 19.4. The van der Waals surface area contributed by atoms with Crippen molar-refractivity contribution in [1.82, 2.24) is 10.2 Å². The van der Waals surface area contributed by atoms with Gasteiger partial charge in [-0.3, -0.25) is 0 Å². The molecule has 116 valence electrons. The van der Waals surface area contributed by atoms with Gasteiger partial charge in [-0.05, 0) is 30.7 Å². The van der Waals surface area contributed by atoms with Crippen LogP contribution in [0.2, 0.25) is 0 Å². The fourth-order valence-electron chi connectivity index (χ4n) is 2.04. The molecule has 0 saturated carbocycles. The van der Waals surface area contributed by atoms with Crippen molar-refractivity contribution >= 4 is 11.7 Å². The maximum atomic E-state index is 12.1. The lowest BCUT2D eigenvalue weighted by atomic mass is 10.2. The number of aryl methyl sites for hydroxylation is 1. The lowest BCUT2D eigenvalue weighted by molar-refractivity contribution is -0.274. The molecule has 0 bridgehead atoms. The Morgan fingerprint density at radius 2 is 2.00 bits per heavy atom. The molecule has 2 amide bonds. The van der Waals surface area contributed by atoms with Gasteiger partial charge in [0.05, 0.1) is 0 Å². The fourth-order valence-corrected chi connectivity index (χ4v) is 2.04. The molecule has 1 aromatic rings. The lowest BCUT2D eigenvalue weighted by Crippen LogP contribution is -2.48. The maximum Gasteiger partial charge on any atom is 0.573 e. The van der Waals surface area contributed by atoms with Gasteiger partial charge < -0.3 is 20.3 Å². The Bertz CT molecular complexity index is 514. The van der Waals surface area contributed by atoms with Crippen molar-refractivity contribution in [2.24, 2.45) is 0 Å². The molecule has 0 aliphatic carbocycles. The summed E-state index contributed by atoms with van der Waals surface area (Å²) in [5.41, 5.74) is 0.966. The number of anilines is 1. The van der Waals surface area contributed by atoms with Crippen LogP contribution < -0.4 is 15.4 Å². The van der Waals surface area contributed by atoms with Crippen LogP contribution in [0.4, 0.5) is 23.7 Å². The fraction of sp³-hybridized carbons (Fsp3) is 0.462. The number of carbonyl (C=O) groups excluding carboxylic acids is 1. The van der Waals surface area contributed by atoms with Gasteiger partial charge in [0, 0.05) is 31.9 Å². The largest absolute Gasteiger partial charge is 0.573 e. The van der Waals surface area contributed by atoms with Gasteiger partial charge in [0.25, 0.3) is 0 Å². The van der Waals surface area contributed by atoms with E-state index < -0.39 is 6.36 Å². The second-order valence-corrected chi connectivity index (χ2v) is 4.69. The number of carbonyl (C=O) groups is 1. The van der Waals surface area contributed by atoms with E-state index in [2.05, 4.69) is 15.4 Å². The first-order chi connectivity index (χ1) is 9.85. The van der Waals surface area contributed by atoms with E-state index in [4.69, 9.17) is 0 Å².